The number of ether oxygens (including phenoxy) is 1. The van der Waals surface area contributed by atoms with Crippen LogP contribution in [0, 0.1) is 0 Å². The number of hydrogen-bond acceptors (Lipinski definition) is 5. The summed E-state index contributed by atoms with van der Waals surface area (Å²) < 4.78 is 5.29. The largest absolute Gasteiger partial charge is 0.497 e. The Kier molecular flexibility index (Phi) is 7.62. The molecule has 1 heterocycles. The van der Waals surface area contributed by atoms with E-state index in [-0.39, 0.29) is 0 Å². The third-order valence-electron chi connectivity index (χ3n) is 6.25. The minimum absolute atomic E-state index is 0.422. The second kappa shape index (κ2) is 11.0. The first kappa shape index (κ1) is 22.9. The van der Waals surface area contributed by atoms with E-state index in [0.717, 1.165) is 72.2 Å². The van der Waals surface area contributed by atoms with E-state index in [1.165, 1.54) is 0 Å². The van der Waals surface area contributed by atoms with Crippen molar-refractivity contribution in [3.63, 3.8) is 0 Å². The molecule has 7 nitrogen and oxygen atoms in total. The zero-order valence-electron chi connectivity index (χ0n) is 19.0. The highest BCUT2D eigenvalue weighted by Crippen LogP contribution is 2.31. The zero-order valence-corrected chi connectivity index (χ0v) is 19.0. The summed E-state index contributed by atoms with van der Waals surface area (Å²) in [6, 6.07) is 19.4. The first-order valence-corrected chi connectivity index (χ1v) is 11.6. The topological polar surface area (TPSA) is 95.5 Å². The molecule has 4 N–H and O–H groups in total. The molecular formula is C26H32N4O3. The van der Waals surface area contributed by atoms with Gasteiger partial charge >= 0.3 is 6.09 Å². The Morgan fingerprint density at radius 1 is 1.03 bits per heavy atom. The SMILES string of the molecule is COc1ccc(-c2cc(NC3CCC(NCCCNC(=O)O)CC3)c3ccccc3n2)cc1. The number of pyridine rings is 1. The summed E-state index contributed by atoms with van der Waals surface area (Å²) in [4.78, 5) is 15.4. The smallest absolute Gasteiger partial charge is 0.404 e. The minimum atomic E-state index is -0.958. The molecule has 0 unspecified atom stereocenters. The molecule has 7 heteroatoms. The van der Waals surface area contributed by atoms with Crippen molar-refractivity contribution in [3.8, 4) is 17.0 Å². The molecular weight excluding hydrogens is 416 g/mol. The predicted octanol–water partition coefficient (Wildman–Crippen LogP) is 4.88. The van der Waals surface area contributed by atoms with Crippen molar-refractivity contribution in [2.45, 2.75) is 44.2 Å². The summed E-state index contributed by atoms with van der Waals surface area (Å²) in [7, 11) is 1.67. The molecule has 4 rings (SSSR count). The van der Waals surface area contributed by atoms with Crippen LogP contribution in [-0.2, 0) is 0 Å². The number of methoxy groups -OCH3 is 1. The number of para-hydroxylation sites is 1. The molecule has 0 radical (unpaired) electrons. The molecule has 0 aliphatic heterocycles. The molecule has 0 bridgehead atoms. The molecule has 0 atom stereocenters. The fraction of sp³-hybridized carbons (Fsp3) is 0.385. The quantitative estimate of drug-likeness (QED) is 0.349. The lowest BCUT2D eigenvalue weighted by atomic mass is 9.90. The average molecular weight is 449 g/mol. The minimum Gasteiger partial charge on any atom is -0.497 e. The van der Waals surface area contributed by atoms with Gasteiger partial charge < -0.3 is 25.8 Å². The molecule has 0 saturated heterocycles. The van der Waals surface area contributed by atoms with Crippen LogP contribution in [0.3, 0.4) is 0 Å². The highest BCUT2D eigenvalue weighted by molar-refractivity contribution is 5.93. The lowest BCUT2D eigenvalue weighted by Crippen LogP contribution is -2.38. The summed E-state index contributed by atoms with van der Waals surface area (Å²) >= 11 is 0. The van der Waals surface area contributed by atoms with Crippen LogP contribution in [0.4, 0.5) is 10.5 Å². The predicted molar refractivity (Wildman–Crippen MR) is 132 cm³/mol. The van der Waals surface area contributed by atoms with Crippen LogP contribution in [0.15, 0.2) is 54.6 Å². The number of hydrogen-bond donors (Lipinski definition) is 4. The zero-order chi connectivity index (χ0) is 23.0. The van der Waals surface area contributed by atoms with E-state index in [2.05, 4.69) is 40.2 Å². The maximum atomic E-state index is 10.5. The van der Waals surface area contributed by atoms with E-state index >= 15 is 0 Å². The second-order valence-electron chi connectivity index (χ2n) is 8.53. The number of nitrogens with zero attached hydrogens (tertiary/aromatic N) is 1. The average Bonchev–Trinajstić information content (AvgIpc) is 2.84. The van der Waals surface area contributed by atoms with Gasteiger partial charge in [0.05, 0.1) is 18.3 Å². The molecule has 3 aromatic rings. The number of amides is 1. The van der Waals surface area contributed by atoms with Gasteiger partial charge in [0, 0.05) is 35.3 Å². The molecule has 174 valence electrons. The van der Waals surface area contributed by atoms with Gasteiger partial charge in [-0.3, -0.25) is 0 Å². The number of carbonyl (C=O) groups is 1. The summed E-state index contributed by atoms with van der Waals surface area (Å²) in [5, 5.41) is 19.5. The maximum absolute atomic E-state index is 10.5. The van der Waals surface area contributed by atoms with Crippen LogP contribution < -0.4 is 20.7 Å². The van der Waals surface area contributed by atoms with Crippen LogP contribution >= 0.6 is 0 Å². The number of nitrogens with one attached hydrogen (secondary N) is 3. The van der Waals surface area contributed by atoms with Crippen molar-refractivity contribution in [1.29, 1.82) is 0 Å². The second-order valence-corrected chi connectivity index (χ2v) is 8.53. The van der Waals surface area contributed by atoms with Crippen LogP contribution in [-0.4, -0.2) is 48.5 Å². The fourth-order valence-corrected chi connectivity index (χ4v) is 4.46. The molecule has 0 spiro atoms. The first-order chi connectivity index (χ1) is 16.1. The molecule has 1 amide bonds. The van der Waals surface area contributed by atoms with Gasteiger partial charge in [-0.05, 0) is 75.0 Å². The van der Waals surface area contributed by atoms with Gasteiger partial charge in [-0.2, -0.15) is 0 Å². The van der Waals surface area contributed by atoms with Crippen LogP contribution in [0.2, 0.25) is 0 Å². The monoisotopic (exact) mass is 448 g/mol. The Morgan fingerprint density at radius 3 is 2.48 bits per heavy atom. The highest BCUT2D eigenvalue weighted by Gasteiger charge is 2.21. The maximum Gasteiger partial charge on any atom is 0.404 e. The van der Waals surface area contributed by atoms with Crippen LogP contribution in [0.25, 0.3) is 22.2 Å². The van der Waals surface area contributed by atoms with Crippen molar-refractivity contribution < 1.29 is 14.6 Å². The molecule has 33 heavy (non-hydrogen) atoms. The Morgan fingerprint density at radius 2 is 1.76 bits per heavy atom. The lowest BCUT2D eigenvalue weighted by molar-refractivity contribution is 0.194. The Bertz CT molecular complexity index is 1060. The summed E-state index contributed by atoms with van der Waals surface area (Å²) in [5.74, 6) is 0.835. The lowest BCUT2D eigenvalue weighted by Gasteiger charge is -2.31. The van der Waals surface area contributed by atoms with Crippen molar-refractivity contribution >= 4 is 22.7 Å². The van der Waals surface area contributed by atoms with E-state index in [1.54, 1.807) is 7.11 Å². The third kappa shape index (κ3) is 6.14. The van der Waals surface area contributed by atoms with Crippen LogP contribution in [0.5, 0.6) is 5.75 Å². The highest BCUT2D eigenvalue weighted by atomic mass is 16.5. The number of aromatic nitrogens is 1. The van der Waals surface area contributed by atoms with Gasteiger partial charge in [-0.15, -0.1) is 0 Å². The van der Waals surface area contributed by atoms with Crippen molar-refractivity contribution in [2.24, 2.45) is 0 Å². The molecule has 2 aromatic carbocycles. The summed E-state index contributed by atoms with van der Waals surface area (Å²) in [5.41, 5.74) is 4.13. The Hall–Kier alpha value is -3.32. The molecule has 1 aliphatic rings. The fourth-order valence-electron chi connectivity index (χ4n) is 4.46. The van der Waals surface area contributed by atoms with E-state index in [4.69, 9.17) is 14.8 Å². The van der Waals surface area contributed by atoms with E-state index in [9.17, 15) is 4.79 Å². The Balaban J connectivity index is 1.39. The van der Waals surface area contributed by atoms with Gasteiger partial charge in [-0.1, -0.05) is 18.2 Å². The van der Waals surface area contributed by atoms with Gasteiger partial charge in [0.25, 0.3) is 0 Å². The van der Waals surface area contributed by atoms with Gasteiger partial charge in [0.1, 0.15) is 5.75 Å². The number of fused-ring (bicyclic) bond motifs is 1. The van der Waals surface area contributed by atoms with Crippen molar-refractivity contribution in [2.75, 3.05) is 25.5 Å². The van der Waals surface area contributed by atoms with Crippen molar-refractivity contribution in [1.82, 2.24) is 15.6 Å². The Labute approximate surface area is 194 Å². The summed E-state index contributed by atoms with van der Waals surface area (Å²) in [6.07, 6.45) is 4.26. The molecule has 1 aliphatic carbocycles. The van der Waals surface area contributed by atoms with Gasteiger partial charge in [-0.25, -0.2) is 9.78 Å². The number of anilines is 1. The normalized spacial score (nSPS) is 18.1. The number of rotatable bonds is 9. The van der Waals surface area contributed by atoms with E-state index < -0.39 is 6.09 Å². The molecule has 1 aromatic heterocycles. The molecule has 1 saturated carbocycles. The molecule has 1 fully saturated rings. The summed E-state index contributed by atoms with van der Waals surface area (Å²) in [6.45, 7) is 1.33. The number of benzene rings is 2. The first-order valence-electron chi connectivity index (χ1n) is 11.6. The number of carboxylic acid groups (broad SMARTS) is 1. The van der Waals surface area contributed by atoms with Crippen LogP contribution in [0.1, 0.15) is 32.1 Å². The standard InChI is InChI=1S/C26H32N4O3/c1-33-21-13-7-18(8-14-21)24-17-25(22-5-2-3-6-23(22)30-24)29-20-11-9-19(10-12-20)27-15-4-16-28-26(31)32/h2-3,5-8,13-14,17,19-20,27-28H,4,9-12,15-16H2,1H3,(H,29,30)(H,31,32). The van der Waals surface area contributed by atoms with Crippen molar-refractivity contribution in [3.05, 3.63) is 54.6 Å². The van der Waals surface area contributed by atoms with Gasteiger partial charge in [0.2, 0.25) is 0 Å². The third-order valence-corrected chi connectivity index (χ3v) is 6.25. The van der Waals surface area contributed by atoms with E-state index in [0.29, 0.717) is 18.6 Å². The van der Waals surface area contributed by atoms with E-state index in [1.807, 2.05) is 30.3 Å². The van der Waals surface area contributed by atoms with Gasteiger partial charge in [0.15, 0.2) is 0 Å².